The van der Waals surface area contributed by atoms with Gasteiger partial charge in [0.25, 0.3) is 0 Å². The summed E-state index contributed by atoms with van der Waals surface area (Å²) in [6.07, 6.45) is 4.25. The fraction of sp³-hybridized carbons (Fsp3) is 0.429. The number of carbonyl (C=O) groups excluding carboxylic acids is 1. The van der Waals surface area contributed by atoms with Gasteiger partial charge in [0.15, 0.2) is 5.78 Å². The number of aliphatic hydroxyl groups is 1. The molecule has 1 saturated heterocycles. The highest BCUT2D eigenvalue weighted by atomic mass is 19.1. The number of ketones is 1. The van der Waals surface area contributed by atoms with Crippen molar-refractivity contribution in [2.24, 2.45) is 16.6 Å². The third-order valence-electron chi connectivity index (χ3n) is 5.86. The van der Waals surface area contributed by atoms with Gasteiger partial charge in [0.1, 0.15) is 12.0 Å². The topological polar surface area (TPSA) is 79.5 Å². The van der Waals surface area contributed by atoms with Crippen molar-refractivity contribution in [3.8, 4) is 0 Å². The van der Waals surface area contributed by atoms with Crippen LogP contribution in [0.4, 0.5) is 4.39 Å². The summed E-state index contributed by atoms with van der Waals surface area (Å²) >= 11 is 0. The molecule has 142 valence electrons. The normalized spacial score (nSPS) is 26.5. The Morgan fingerprint density at radius 3 is 2.85 bits per heavy atom. The largest absolute Gasteiger partial charge is 0.396 e. The lowest BCUT2D eigenvalue weighted by Crippen LogP contribution is -2.42. The molecule has 1 aliphatic heterocycles. The number of Topliss-reactive ketones (excluding diaryl/α,β-unsaturated/α-hetero) is 1. The monoisotopic (exact) mass is 369 g/mol. The highest BCUT2D eigenvalue weighted by molar-refractivity contribution is 5.99. The summed E-state index contributed by atoms with van der Waals surface area (Å²) in [7, 11) is 0. The van der Waals surface area contributed by atoms with Gasteiger partial charge in [-0.15, -0.1) is 0 Å². The molecule has 2 aliphatic rings. The van der Waals surface area contributed by atoms with Crippen LogP contribution < -0.4 is 5.73 Å². The maximum absolute atomic E-state index is 13.3. The Kier molecular flexibility index (Phi) is 4.09. The average Bonchev–Trinajstić information content (AvgIpc) is 3.01. The van der Waals surface area contributed by atoms with Crippen LogP contribution in [-0.4, -0.2) is 33.9 Å². The first-order valence-corrected chi connectivity index (χ1v) is 9.20. The number of aliphatic hydroxyl groups excluding tert-OH is 1. The molecule has 1 fully saturated rings. The summed E-state index contributed by atoms with van der Waals surface area (Å²) in [5.41, 5.74) is 6.88. The molecule has 6 heteroatoms. The van der Waals surface area contributed by atoms with Crippen LogP contribution >= 0.6 is 0 Å². The number of benzene rings is 1. The van der Waals surface area contributed by atoms with Crippen LogP contribution in [0.3, 0.4) is 0 Å². The molecule has 0 radical (unpaired) electrons. The first-order chi connectivity index (χ1) is 12.7. The van der Waals surface area contributed by atoms with Crippen molar-refractivity contribution in [3.63, 3.8) is 0 Å². The molecule has 2 heterocycles. The van der Waals surface area contributed by atoms with E-state index in [-0.39, 0.29) is 17.0 Å². The van der Waals surface area contributed by atoms with Crippen LogP contribution in [0.15, 0.2) is 42.2 Å². The minimum Gasteiger partial charge on any atom is -0.396 e. The van der Waals surface area contributed by atoms with Crippen LogP contribution in [0.5, 0.6) is 0 Å². The number of pyridine rings is 1. The molecular formula is C21H24FN3O2. The molecule has 4 rings (SSSR count). The maximum Gasteiger partial charge on any atom is 0.183 e. The van der Waals surface area contributed by atoms with E-state index in [4.69, 9.17) is 5.73 Å². The third kappa shape index (κ3) is 3.13. The van der Waals surface area contributed by atoms with Crippen molar-refractivity contribution in [2.75, 3.05) is 13.1 Å². The van der Waals surface area contributed by atoms with Gasteiger partial charge in [-0.2, -0.15) is 0 Å². The van der Waals surface area contributed by atoms with E-state index in [1.54, 1.807) is 12.3 Å². The molecule has 1 aliphatic carbocycles. The summed E-state index contributed by atoms with van der Waals surface area (Å²) in [5, 5.41) is 11.7. The Hall–Kier alpha value is -2.31. The van der Waals surface area contributed by atoms with Crippen molar-refractivity contribution in [1.29, 1.82) is 0 Å². The fourth-order valence-electron chi connectivity index (χ4n) is 4.66. The number of halogens is 1. The molecule has 0 saturated carbocycles. The van der Waals surface area contributed by atoms with E-state index in [9.17, 15) is 14.3 Å². The first-order valence-electron chi connectivity index (χ1n) is 9.20. The van der Waals surface area contributed by atoms with Crippen molar-refractivity contribution in [2.45, 2.75) is 32.9 Å². The predicted octanol–water partition coefficient (Wildman–Crippen LogP) is 2.90. The van der Waals surface area contributed by atoms with E-state index < -0.39 is 11.6 Å². The van der Waals surface area contributed by atoms with E-state index in [2.05, 4.69) is 4.98 Å². The molecular weight excluding hydrogens is 345 g/mol. The Morgan fingerprint density at radius 1 is 1.33 bits per heavy atom. The number of aromatic nitrogens is 1. The highest BCUT2D eigenvalue weighted by Gasteiger charge is 2.48. The number of nitrogens with zero attached hydrogens (tertiary/aromatic N) is 2. The Balaban J connectivity index is 1.59. The second kappa shape index (κ2) is 6.11. The van der Waals surface area contributed by atoms with Gasteiger partial charge in [-0.3, -0.25) is 14.7 Å². The zero-order valence-electron chi connectivity index (χ0n) is 15.6. The van der Waals surface area contributed by atoms with Gasteiger partial charge in [0.05, 0.1) is 11.2 Å². The lowest BCUT2D eigenvalue weighted by molar-refractivity contribution is -0.125. The van der Waals surface area contributed by atoms with Crippen molar-refractivity contribution in [1.82, 2.24) is 9.88 Å². The van der Waals surface area contributed by atoms with E-state index in [0.717, 1.165) is 18.2 Å². The third-order valence-corrected chi connectivity index (χ3v) is 5.86. The molecule has 1 unspecified atom stereocenters. The smallest absolute Gasteiger partial charge is 0.183 e. The number of rotatable bonds is 2. The highest BCUT2D eigenvalue weighted by Crippen LogP contribution is 2.48. The second-order valence-corrected chi connectivity index (χ2v) is 8.55. The van der Waals surface area contributed by atoms with Gasteiger partial charge in [0.2, 0.25) is 0 Å². The summed E-state index contributed by atoms with van der Waals surface area (Å²) in [6.45, 7) is 5.20. The fourth-order valence-corrected chi connectivity index (χ4v) is 4.66. The lowest BCUT2D eigenvalue weighted by Gasteiger charge is -2.39. The van der Waals surface area contributed by atoms with Crippen LogP contribution in [0, 0.1) is 16.6 Å². The van der Waals surface area contributed by atoms with Crippen LogP contribution in [0.1, 0.15) is 38.5 Å². The summed E-state index contributed by atoms with van der Waals surface area (Å²) < 4.78 is 13.3. The number of likely N-dealkylation sites (tertiary alicyclic amines) is 1. The van der Waals surface area contributed by atoms with E-state index in [1.165, 1.54) is 12.1 Å². The summed E-state index contributed by atoms with van der Waals surface area (Å²) in [4.78, 5) is 18.5. The van der Waals surface area contributed by atoms with Gasteiger partial charge in [0, 0.05) is 47.1 Å². The van der Waals surface area contributed by atoms with E-state index in [1.807, 2.05) is 30.9 Å². The van der Waals surface area contributed by atoms with Crippen LogP contribution in [0.25, 0.3) is 10.9 Å². The van der Waals surface area contributed by atoms with Crippen molar-refractivity contribution < 1.29 is 14.3 Å². The lowest BCUT2D eigenvalue weighted by atomic mass is 9.65. The number of fused-ring (bicyclic) bond motifs is 1. The molecule has 1 aromatic heterocycles. The Labute approximate surface area is 157 Å². The van der Waals surface area contributed by atoms with Crippen molar-refractivity contribution in [3.05, 3.63) is 53.6 Å². The van der Waals surface area contributed by atoms with Crippen molar-refractivity contribution >= 4 is 16.7 Å². The SMILES string of the molecule is CC1(C)C[C@]2(C=C(N)C1=O)CCN(C(O)c1cnc3cc(F)ccc3c1)C2. The maximum atomic E-state index is 13.3. The quantitative estimate of drug-likeness (QED) is 0.851. The minimum absolute atomic E-state index is 0.00177. The Morgan fingerprint density at radius 2 is 2.11 bits per heavy atom. The van der Waals surface area contributed by atoms with E-state index in [0.29, 0.717) is 29.9 Å². The molecule has 0 amide bonds. The minimum atomic E-state index is -0.804. The molecule has 3 N–H and O–H groups in total. The zero-order valence-corrected chi connectivity index (χ0v) is 15.6. The second-order valence-electron chi connectivity index (χ2n) is 8.55. The van der Waals surface area contributed by atoms with E-state index >= 15 is 0 Å². The van der Waals surface area contributed by atoms with Crippen LogP contribution in [0.2, 0.25) is 0 Å². The standard InChI is InChI=1S/C21H24FN3O2/c1-20(2)11-21(9-16(23)18(20)26)5-6-25(12-21)19(27)14-7-13-3-4-15(22)8-17(13)24-10-14/h3-4,7-10,19,27H,5-6,11-12,23H2,1-2H3/t19?,21-/m1/s1. The van der Waals surface area contributed by atoms with Gasteiger partial charge in [-0.1, -0.05) is 19.9 Å². The summed E-state index contributed by atoms with van der Waals surface area (Å²) in [5.74, 6) is -0.332. The number of hydrogen-bond acceptors (Lipinski definition) is 5. The molecule has 27 heavy (non-hydrogen) atoms. The molecule has 1 spiro atoms. The van der Waals surface area contributed by atoms with Gasteiger partial charge < -0.3 is 10.8 Å². The predicted molar refractivity (Wildman–Crippen MR) is 101 cm³/mol. The average molecular weight is 369 g/mol. The molecule has 1 aromatic carbocycles. The molecule has 0 bridgehead atoms. The molecule has 2 aromatic rings. The number of nitrogens with two attached hydrogens (primary N) is 1. The van der Waals surface area contributed by atoms with Gasteiger partial charge in [-0.25, -0.2) is 4.39 Å². The summed E-state index contributed by atoms with van der Waals surface area (Å²) in [6, 6.07) is 6.28. The first kappa shape index (κ1) is 18.1. The number of hydrogen-bond donors (Lipinski definition) is 2. The van der Waals surface area contributed by atoms with Gasteiger partial charge in [-0.05, 0) is 31.0 Å². The van der Waals surface area contributed by atoms with Gasteiger partial charge >= 0.3 is 0 Å². The molecule has 2 atom stereocenters. The number of carbonyl (C=O) groups is 1. The molecule has 5 nitrogen and oxygen atoms in total. The Bertz CT molecular complexity index is 956. The van der Waals surface area contributed by atoms with Crippen LogP contribution in [-0.2, 0) is 4.79 Å². The zero-order chi connectivity index (χ0) is 19.4. The number of allylic oxidation sites excluding steroid dienone is 1.